The number of unbranched alkanes of at least 4 members (excludes halogenated alkanes) is 9. The van der Waals surface area contributed by atoms with Crippen LogP contribution in [-0.4, -0.2) is 28.2 Å². The van der Waals surface area contributed by atoms with Gasteiger partial charge in [0.15, 0.2) is 0 Å². The summed E-state index contributed by atoms with van der Waals surface area (Å²) in [4.78, 5) is 17.3. The van der Waals surface area contributed by atoms with Crippen molar-refractivity contribution in [2.24, 2.45) is 5.73 Å². The van der Waals surface area contributed by atoms with Gasteiger partial charge in [-0.25, -0.2) is 4.57 Å². The Morgan fingerprint density at radius 1 is 0.962 bits per heavy atom. The van der Waals surface area contributed by atoms with Crippen molar-refractivity contribution < 1.29 is 76.4 Å². The molecule has 1 saturated heterocycles. The second-order valence-electron chi connectivity index (χ2n) is 7.25. The Balaban J connectivity index is 0. The number of hydrogen-bond acceptors (Lipinski definition) is 4. The van der Waals surface area contributed by atoms with Crippen LogP contribution in [-0.2, 0) is 13.8 Å². The number of ether oxygens (including phenoxy) is 1. The van der Waals surface area contributed by atoms with Crippen LogP contribution < -0.4 is 57.1 Å². The first-order valence-electron chi connectivity index (χ1n) is 10.1. The van der Waals surface area contributed by atoms with Crippen LogP contribution in [0, 0.1) is 0 Å². The molecule has 0 amide bonds. The summed E-state index contributed by atoms with van der Waals surface area (Å²) in [6, 6.07) is 0. The zero-order valence-electron chi connectivity index (χ0n) is 17.8. The molecule has 26 heavy (non-hydrogen) atoms. The predicted octanol–water partition coefficient (Wildman–Crippen LogP) is 1.75. The van der Waals surface area contributed by atoms with Gasteiger partial charge in [-0.1, -0.05) is 71.1 Å². The van der Waals surface area contributed by atoms with Crippen LogP contribution in [0.15, 0.2) is 0 Å². The Morgan fingerprint density at radius 3 is 1.92 bits per heavy atom. The number of hydrogen-bond donors (Lipinski definition) is 3. The van der Waals surface area contributed by atoms with Crippen LogP contribution in [0.25, 0.3) is 0 Å². The fourth-order valence-corrected chi connectivity index (χ4v) is 3.72. The third-order valence-electron chi connectivity index (χ3n) is 4.78. The Kier molecular flexibility index (Phi) is 17.5. The van der Waals surface area contributed by atoms with E-state index in [4.69, 9.17) is 20.3 Å². The minimum Gasteiger partial charge on any atom is -1.00 e. The molecule has 1 aliphatic rings. The standard InChI is InChI=1S/C18H38NO5P.K.H/c1-2-3-4-5-7-10-13-16-17(23-16)14-11-8-6-9-12-15-18(19)24-25(20,21)22;;/h16-18H,2-15,19H2,1H3,(H2,20,21,22);;/q;+1;-1. The Morgan fingerprint density at radius 2 is 1.42 bits per heavy atom. The molecule has 4 N–H and O–H groups in total. The summed E-state index contributed by atoms with van der Waals surface area (Å²) in [5.41, 5.74) is 5.51. The van der Waals surface area contributed by atoms with Gasteiger partial charge in [-0.15, -0.1) is 0 Å². The van der Waals surface area contributed by atoms with Crippen LogP contribution in [0.3, 0.4) is 0 Å². The molecular weight excluding hydrogens is 380 g/mol. The minimum atomic E-state index is -4.45. The summed E-state index contributed by atoms with van der Waals surface area (Å²) < 4.78 is 20.8. The molecule has 1 aliphatic heterocycles. The summed E-state index contributed by atoms with van der Waals surface area (Å²) in [5, 5.41) is 0. The summed E-state index contributed by atoms with van der Waals surface area (Å²) in [7, 11) is -4.45. The van der Waals surface area contributed by atoms with E-state index in [1.165, 1.54) is 64.2 Å². The van der Waals surface area contributed by atoms with Crippen LogP contribution in [0.2, 0.25) is 0 Å². The van der Waals surface area contributed by atoms with E-state index in [0.29, 0.717) is 18.6 Å². The van der Waals surface area contributed by atoms with E-state index in [-0.39, 0.29) is 52.8 Å². The Hall–Kier alpha value is 1.67. The minimum absolute atomic E-state index is 0. The number of phosphoric ester groups is 1. The van der Waals surface area contributed by atoms with E-state index >= 15 is 0 Å². The normalized spacial score (nSPS) is 20.6. The SMILES string of the molecule is CCCCCCCCC1OC1CCCCCCCC(N)OP(=O)(O)O.[H-].[K+]. The first-order chi connectivity index (χ1) is 11.9. The average molecular weight is 420 g/mol. The molecule has 6 nitrogen and oxygen atoms in total. The largest absolute Gasteiger partial charge is 1.00 e. The maximum atomic E-state index is 10.6. The van der Waals surface area contributed by atoms with E-state index in [0.717, 1.165) is 19.3 Å². The van der Waals surface area contributed by atoms with E-state index in [9.17, 15) is 4.57 Å². The van der Waals surface area contributed by atoms with Gasteiger partial charge in [0.1, 0.15) is 6.23 Å². The molecule has 152 valence electrons. The predicted molar refractivity (Wildman–Crippen MR) is 101 cm³/mol. The molecule has 0 radical (unpaired) electrons. The molecule has 0 bridgehead atoms. The molecule has 1 rings (SSSR count). The van der Waals surface area contributed by atoms with Gasteiger partial charge in [0, 0.05) is 0 Å². The van der Waals surface area contributed by atoms with Crippen molar-refractivity contribution in [2.45, 2.75) is 115 Å². The van der Waals surface area contributed by atoms with Gasteiger partial charge in [0.25, 0.3) is 0 Å². The van der Waals surface area contributed by atoms with Gasteiger partial charge < -0.3 is 21.7 Å². The zero-order chi connectivity index (χ0) is 18.5. The molecule has 1 heterocycles. The second kappa shape index (κ2) is 16.5. The summed E-state index contributed by atoms with van der Waals surface area (Å²) >= 11 is 0. The number of phosphoric acid groups is 1. The number of epoxide rings is 1. The van der Waals surface area contributed by atoms with Crippen molar-refractivity contribution in [2.75, 3.05) is 0 Å². The van der Waals surface area contributed by atoms with Crippen molar-refractivity contribution in [3.05, 3.63) is 0 Å². The maximum Gasteiger partial charge on any atom is 1.00 e. The van der Waals surface area contributed by atoms with Crippen molar-refractivity contribution >= 4 is 7.82 Å². The molecule has 0 aliphatic carbocycles. The molecule has 0 aromatic rings. The van der Waals surface area contributed by atoms with Crippen LogP contribution >= 0.6 is 7.82 Å². The molecule has 8 heteroatoms. The molecule has 1 fully saturated rings. The van der Waals surface area contributed by atoms with Gasteiger partial charge >= 0.3 is 59.2 Å². The van der Waals surface area contributed by atoms with Crippen molar-refractivity contribution in [1.82, 2.24) is 0 Å². The third kappa shape index (κ3) is 16.6. The molecular formula is C18H39KNO5P. The van der Waals surface area contributed by atoms with Crippen LogP contribution in [0.1, 0.15) is 98.2 Å². The third-order valence-corrected chi connectivity index (χ3v) is 5.33. The van der Waals surface area contributed by atoms with E-state index < -0.39 is 14.1 Å². The zero-order valence-corrected chi connectivity index (χ0v) is 20.8. The smallest absolute Gasteiger partial charge is 1.00 e. The monoisotopic (exact) mass is 419 g/mol. The summed E-state index contributed by atoms with van der Waals surface area (Å²) in [6.45, 7) is 2.25. The Labute approximate surface area is 203 Å². The van der Waals surface area contributed by atoms with Crippen molar-refractivity contribution in [3.63, 3.8) is 0 Å². The first-order valence-corrected chi connectivity index (χ1v) is 11.6. The van der Waals surface area contributed by atoms with Crippen molar-refractivity contribution in [3.8, 4) is 0 Å². The summed E-state index contributed by atoms with van der Waals surface area (Å²) in [6.07, 6.45) is 16.5. The van der Waals surface area contributed by atoms with E-state index in [2.05, 4.69) is 11.4 Å². The molecule has 0 spiro atoms. The van der Waals surface area contributed by atoms with Crippen molar-refractivity contribution in [1.29, 1.82) is 0 Å². The quantitative estimate of drug-likeness (QED) is 0.109. The molecule has 0 aromatic heterocycles. The number of nitrogens with two attached hydrogens (primary N) is 1. The van der Waals surface area contributed by atoms with E-state index in [1.807, 2.05) is 0 Å². The van der Waals surface area contributed by atoms with Gasteiger partial charge in [-0.3, -0.25) is 4.52 Å². The van der Waals surface area contributed by atoms with Crippen LogP contribution in [0.4, 0.5) is 0 Å². The van der Waals surface area contributed by atoms with Gasteiger partial charge in [0.05, 0.1) is 12.2 Å². The van der Waals surface area contributed by atoms with Gasteiger partial charge in [-0.2, -0.15) is 0 Å². The first kappa shape index (κ1) is 27.7. The molecule has 0 saturated carbocycles. The van der Waals surface area contributed by atoms with Gasteiger partial charge in [-0.05, 0) is 25.7 Å². The fraction of sp³-hybridized carbons (Fsp3) is 1.00. The average Bonchev–Trinajstić information content (AvgIpc) is 3.26. The van der Waals surface area contributed by atoms with Gasteiger partial charge in [0.2, 0.25) is 0 Å². The fourth-order valence-electron chi connectivity index (χ4n) is 3.26. The molecule has 3 unspecified atom stereocenters. The number of rotatable bonds is 17. The molecule has 3 atom stereocenters. The Bertz CT molecular complexity index is 389. The summed E-state index contributed by atoms with van der Waals surface area (Å²) in [5.74, 6) is 0. The second-order valence-corrected chi connectivity index (χ2v) is 8.44. The molecule has 0 aromatic carbocycles. The maximum absolute atomic E-state index is 10.6. The van der Waals surface area contributed by atoms with E-state index in [1.54, 1.807) is 0 Å². The van der Waals surface area contributed by atoms with Crippen LogP contribution in [0.5, 0.6) is 0 Å². The topological polar surface area (TPSA) is 105 Å².